The summed E-state index contributed by atoms with van der Waals surface area (Å²) in [6.07, 6.45) is 2.71. The summed E-state index contributed by atoms with van der Waals surface area (Å²) < 4.78 is 6.03. The van der Waals surface area contributed by atoms with Crippen LogP contribution in [0.1, 0.15) is 33.6 Å². The van der Waals surface area contributed by atoms with E-state index in [-0.39, 0.29) is 12.1 Å². The molecule has 4 atom stereocenters. The van der Waals surface area contributed by atoms with Gasteiger partial charge in [0.15, 0.2) is 0 Å². The van der Waals surface area contributed by atoms with Gasteiger partial charge in [-0.2, -0.15) is 0 Å². The third kappa shape index (κ3) is 2.69. The molecule has 3 N–H and O–H groups in total. The summed E-state index contributed by atoms with van der Waals surface area (Å²) in [5.41, 5.74) is 6.04. The standard InChI is InChI=1S/C11H24N2O/c1-7(2)11-9(12)5-6-10(14-11)8(3)13-4/h7-11,13H,5-6,12H2,1-4H3/t8?,9-,10?,11-/m1/s1. The van der Waals surface area contributed by atoms with Crippen LogP contribution in [0.25, 0.3) is 0 Å². The van der Waals surface area contributed by atoms with Crippen molar-refractivity contribution in [3.8, 4) is 0 Å². The van der Waals surface area contributed by atoms with Gasteiger partial charge >= 0.3 is 0 Å². The Morgan fingerprint density at radius 1 is 1.29 bits per heavy atom. The highest BCUT2D eigenvalue weighted by molar-refractivity contribution is 4.86. The number of hydrogen-bond acceptors (Lipinski definition) is 3. The predicted molar refractivity (Wildman–Crippen MR) is 59.2 cm³/mol. The molecule has 14 heavy (non-hydrogen) atoms. The molecular weight excluding hydrogens is 176 g/mol. The maximum atomic E-state index is 6.04. The lowest BCUT2D eigenvalue weighted by atomic mass is 9.90. The van der Waals surface area contributed by atoms with Crippen LogP contribution in [-0.2, 0) is 4.74 Å². The van der Waals surface area contributed by atoms with E-state index in [1.807, 2.05) is 7.05 Å². The van der Waals surface area contributed by atoms with Crippen molar-refractivity contribution in [2.45, 2.75) is 57.9 Å². The first-order chi connectivity index (χ1) is 6.56. The number of hydrogen-bond donors (Lipinski definition) is 2. The van der Waals surface area contributed by atoms with Gasteiger partial charge in [0, 0.05) is 12.1 Å². The van der Waals surface area contributed by atoms with E-state index in [9.17, 15) is 0 Å². The van der Waals surface area contributed by atoms with E-state index in [2.05, 4.69) is 26.1 Å². The molecule has 0 radical (unpaired) electrons. The molecule has 1 saturated heterocycles. The van der Waals surface area contributed by atoms with Crippen LogP contribution < -0.4 is 11.1 Å². The van der Waals surface area contributed by atoms with Gasteiger partial charge in [0.25, 0.3) is 0 Å². The Bertz CT molecular complexity index is 173. The van der Waals surface area contributed by atoms with Gasteiger partial charge in [0.05, 0.1) is 12.2 Å². The quantitative estimate of drug-likeness (QED) is 0.718. The van der Waals surface area contributed by atoms with Crippen molar-refractivity contribution in [3.63, 3.8) is 0 Å². The summed E-state index contributed by atoms with van der Waals surface area (Å²) in [5, 5.41) is 3.24. The molecule has 84 valence electrons. The molecule has 3 heteroatoms. The minimum absolute atomic E-state index is 0.218. The Hall–Kier alpha value is -0.120. The zero-order valence-corrected chi connectivity index (χ0v) is 9.79. The highest BCUT2D eigenvalue weighted by Crippen LogP contribution is 2.25. The first-order valence-electron chi connectivity index (χ1n) is 5.64. The first kappa shape index (κ1) is 12.0. The second kappa shape index (κ2) is 5.10. The fraction of sp³-hybridized carbons (Fsp3) is 1.00. The van der Waals surface area contributed by atoms with Crippen molar-refractivity contribution in [2.75, 3.05) is 7.05 Å². The lowest BCUT2D eigenvalue weighted by Gasteiger charge is -2.39. The third-order valence-electron chi connectivity index (χ3n) is 3.21. The molecule has 1 aliphatic rings. The molecule has 0 saturated carbocycles. The van der Waals surface area contributed by atoms with Crippen LogP contribution in [0.2, 0.25) is 0 Å². The van der Waals surface area contributed by atoms with E-state index in [1.165, 1.54) is 0 Å². The molecule has 1 fully saturated rings. The Morgan fingerprint density at radius 3 is 2.43 bits per heavy atom. The number of likely N-dealkylation sites (N-methyl/N-ethyl adjacent to an activating group) is 1. The molecule has 1 aliphatic heterocycles. The topological polar surface area (TPSA) is 47.3 Å². The second-order valence-electron chi connectivity index (χ2n) is 4.70. The van der Waals surface area contributed by atoms with E-state index in [1.54, 1.807) is 0 Å². The SMILES string of the molecule is CNC(C)C1CC[C@@H](N)[C@@H](C(C)C)O1. The summed E-state index contributed by atoms with van der Waals surface area (Å²) in [6, 6.07) is 0.638. The normalized spacial score (nSPS) is 36.0. The van der Waals surface area contributed by atoms with E-state index in [4.69, 9.17) is 10.5 Å². The van der Waals surface area contributed by atoms with Gasteiger partial charge in [-0.15, -0.1) is 0 Å². The van der Waals surface area contributed by atoms with E-state index in [0.29, 0.717) is 18.1 Å². The molecule has 2 unspecified atom stereocenters. The van der Waals surface area contributed by atoms with Crippen LogP contribution >= 0.6 is 0 Å². The Kier molecular flexibility index (Phi) is 4.35. The second-order valence-corrected chi connectivity index (χ2v) is 4.70. The lowest BCUT2D eigenvalue weighted by molar-refractivity contribution is -0.0922. The molecular formula is C11H24N2O. The van der Waals surface area contributed by atoms with Gasteiger partial charge in [-0.1, -0.05) is 13.8 Å². The Morgan fingerprint density at radius 2 is 1.93 bits per heavy atom. The summed E-state index contributed by atoms with van der Waals surface area (Å²) in [4.78, 5) is 0. The van der Waals surface area contributed by atoms with Crippen molar-refractivity contribution in [1.82, 2.24) is 5.32 Å². The molecule has 0 aromatic carbocycles. The van der Waals surface area contributed by atoms with E-state index in [0.717, 1.165) is 12.8 Å². The smallest absolute Gasteiger partial charge is 0.0753 e. The van der Waals surface area contributed by atoms with Crippen molar-refractivity contribution < 1.29 is 4.74 Å². The minimum atomic E-state index is 0.218. The van der Waals surface area contributed by atoms with Gasteiger partial charge < -0.3 is 15.8 Å². The molecule has 1 heterocycles. The van der Waals surface area contributed by atoms with Crippen LogP contribution in [0.5, 0.6) is 0 Å². The van der Waals surface area contributed by atoms with Gasteiger partial charge in [0.2, 0.25) is 0 Å². The summed E-state index contributed by atoms with van der Waals surface area (Å²) in [7, 11) is 1.98. The zero-order chi connectivity index (χ0) is 10.7. The number of nitrogens with two attached hydrogens (primary N) is 1. The Labute approximate surface area is 87.4 Å². The van der Waals surface area contributed by atoms with E-state index >= 15 is 0 Å². The van der Waals surface area contributed by atoms with E-state index < -0.39 is 0 Å². The predicted octanol–water partition coefficient (Wildman–Crippen LogP) is 1.13. The van der Waals surface area contributed by atoms with Crippen molar-refractivity contribution in [3.05, 3.63) is 0 Å². The van der Waals surface area contributed by atoms with Crippen molar-refractivity contribution >= 4 is 0 Å². The number of rotatable bonds is 3. The lowest BCUT2D eigenvalue weighted by Crippen LogP contribution is -2.51. The molecule has 0 bridgehead atoms. The summed E-state index contributed by atoms with van der Waals surface area (Å²) in [5.74, 6) is 0.511. The zero-order valence-electron chi connectivity index (χ0n) is 9.79. The number of nitrogens with one attached hydrogen (secondary N) is 1. The monoisotopic (exact) mass is 200 g/mol. The van der Waals surface area contributed by atoms with Crippen molar-refractivity contribution in [1.29, 1.82) is 0 Å². The van der Waals surface area contributed by atoms with Crippen LogP contribution in [0.4, 0.5) is 0 Å². The number of ether oxygens (including phenoxy) is 1. The first-order valence-corrected chi connectivity index (χ1v) is 5.64. The third-order valence-corrected chi connectivity index (χ3v) is 3.21. The minimum Gasteiger partial charge on any atom is -0.372 e. The van der Waals surface area contributed by atoms with Gasteiger partial charge in [-0.05, 0) is 32.7 Å². The fourth-order valence-corrected chi connectivity index (χ4v) is 2.10. The molecule has 0 spiro atoms. The molecule has 0 aromatic rings. The van der Waals surface area contributed by atoms with Crippen LogP contribution in [0, 0.1) is 5.92 Å². The fourth-order valence-electron chi connectivity index (χ4n) is 2.10. The van der Waals surface area contributed by atoms with Gasteiger partial charge in [-0.25, -0.2) is 0 Å². The van der Waals surface area contributed by atoms with Crippen LogP contribution in [-0.4, -0.2) is 31.3 Å². The Balaban J connectivity index is 2.53. The highest BCUT2D eigenvalue weighted by Gasteiger charge is 2.32. The highest BCUT2D eigenvalue weighted by atomic mass is 16.5. The molecule has 1 rings (SSSR count). The maximum absolute atomic E-state index is 6.04. The van der Waals surface area contributed by atoms with Gasteiger partial charge in [0.1, 0.15) is 0 Å². The van der Waals surface area contributed by atoms with Crippen LogP contribution in [0.15, 0.2) is 0 Å². The maximum Gasteiger partial charge on any atom is 0.0753 e. The summed E-state index contributed by atoms with van der Waals surface area (Å²) >= 11 is 0. The average molecular weight is 200 g/mol. The molecule has 0 aliphatic carbocycles. The van der Waals surface area contributed by atoms with Crippen LogP contribution in [0.3, 0.4) is 0 Å². The summed E-state index contributed by atoms with van der Waals surface area (Å²) in [6.45, 7) is 6.52. The molecule has 0 aromatic heterocycles. The largest absolute Gasteiger partial charge is 0.372 e. The molecule has 0 amide bonds. The average Bonchev–Trinajstić information content (AvgIpc) is 2.17. The molecule has 3 nitrogen and oxygen atoms in total. The van der Waals surface area contributed by atoms with Gasteiger partial charge in [-0.3, -0.25) is 0 Å². The van der Waals surface area contributed by atoms with Crippen molar-refractivity contribution in [2.24, 2.45) is 11.7 Å².